The van der Waals surface area contributed by atoms with Crippen molar-refractivity contribution in [3.63, 3.8) is 0 Å². The van der Waals surface area contributed by atoms with Gasteiger partial charge in [-0.1, -0.05) is 0 Å². The van der Waals surface area contributed by atoms with Crippen LogP contribution in [0.3, 0.4) is 0 Å². The molecular formula is C10H13N4O5P. The lowest BCUT2D eigenvalue weighted by Gasteiger charge is -2.15. The van der Waals surface area contributed by atoms with Gasteiger partial charge < -0.3 is 14.5 Å². The van der Waals surface area contributed by atoms with Gasteiger partial charge in [0, 0.05) is 0 Å². The van der Waals surface area contributed by atoms with Crippen molar-refractivity contribution < 1.29 is 23.6 Å². The molecule has 1 aliphatic heterocycles. The van der Waals surface area contributed by atoms with Gasteiger partial charge in [-0.15, -0.1) is 0 Å². The van der Waals surface area contributed by atoms with E-state index in [1.807, 2.05) is 0 Å². The van der Waals surface area contributed by atoms with Crippen molar-refractivity contribution in [3.05, 3.63) is 18.9 Å². The summed E-state index contributed by atoms with van der Waals surface area (Å²) in [6.07, 6.45) is 5.40. The Hall–Kier alpha value is -1.38. The highest BCUT2D eigenvalue weighted by Crippen LogP contribution is 2.38. The van der Waals surface area contributed by atoms with E-state index in [-0.39, 0.29) is 18.9 Å². The molecule has 2 atom stereocenters. The number of rotatable bonds is 4. The van der Waals surface area contributed by atoms with Gasteiger partial charge >= 0.3 is 7.82 Å². The second kappa shape index (κ2) is 5.19. The molecule has 10 heteroatoms. The van der Waals surface area contributed by atoms with Gasteiger partial charge in [-0.3, -0.25) is 9.09 Å². The molecule has 1 aliphatic rings. The summed E-state index contributed by atoms with van der Waals surface area (Å²) in [5, 5.41) is 0. The predicted molar refractivity (Wildman–Crippen MR) is 66.5 cm³/mol. The molecule has 0 saturated carbocycles. The van der Waals surface area contributed by atoms with Crippen LogP contribution in [0.15, 0.2) is 18.9 Å². The topological polar surface area (TPSA) is 120 Å². The minimum atomic E-state index is -4.46. The first-order valence-electron chi connectivity index (χ1n) is 6.01. The monoisotopic (exact) mass is 300 g/mol. The summed E-state index contributed by atoms with van der Waals surface area (Å²) in [4.78, 5) is 29.6. The molecule has 0 radical (unpaired) electrons. The summed E-state index contributed by atoms with van der Waals surface area (Å²) in [6, 6.07) is 0. The highest BCUT2D eigenvalue weighted by molar-refractivity contribution is 7.46. The number of phosphoric acid groups is 1. The van der Waals surface area contributed by atoms with Crippen LogP contribution in [-0.4, -0.2) is 42.0 Å². The summed E-state index contributed by atoms with van der Waals surface area (Å²) in [5.74, 6) is 0. The Labute approximate surface area is 113 Å². The molecule has 108 valence electrons. The minimum absolute atomic E-state index is 0.137. The molecule has 0 aliphatic carbocycles. The lowest BCUT2D eigenvalue weighted by molar-refractivity contribution is -0.0205. The second-order valence-corrected chi connectivity index (χ2v) is 5.70. The van der Waals surface area contributed by atoms with E-state index < -0.39 is 7.82 Å². The van der Waals surface area contributed by atoms with E-state index in [0.29, 0.717) is 24.0 Å². The van der Waals surface area contributed by atoms with Crippen LogP contribution in [-0.2, 0) is 13.8 Å². The van der Waals surface area contributed by atoms with Gasteiger partial charge in [0.15, 0.2) is 5.65 Å². The number of hydrogen-bond acceptors (Lipinski definition) is 6. The molecule has 3 heterocycles. The third kappa shape index (κ3) is 2.87. The SMILES string of the molecule is O=P(O)(O)OC[C@@H]1CC[C@H](n2cnc3cncnc32)O1. The predicted octanol–water partition coefficient (Wildman–Crippen LogP) is 0.613. The summed E-state index contributed by atoms with van der Waals surface area (Å²) in [5.41, 5.74) is 1.34. The first-order valence-corrected chi connectivity index (χ1v) is 7.54. The summed E-state index contributed by atoms with van der Waals surface area (Å²) in [7, 11) is -4.46. The lowest BCUT2D eigenvalue weighted by Crippen LogP contribution is -2.16. The molecular weight excluding hydrogens is 287 g/mol. The first-order chi connectivity index (χ1) is 9.53. The number of nitrogens with zero attached hydrogens (tertiary/aromatic N) is 4. The zero-order chi connectivity index (χ0) is 14.2. The van der Waals surface area contributed by atoms with Gasteiger partial charge in [-0.2, -0.15) is 0 Å². The summed E-state index contributed by atoms with van der Waals surface area (Å²) in [6.45, 7) is -0.137. The zero-order valence-electron chi connectivity index (χ0n) is 10.4. The van der Waals surface area contributed by atoms with Gasteiger partial charge in [0.2, 0.25) is 0 Å². The smallest absolute Gasteiger partial charge is 0.352 e. The highest BCUT2D eigenvalue weighted by atomic mass is 31.2. The average Bonchev–Trinajstić information content (AvgIpc) is 3.01. The van der Waals surface area contributed by atoms with Crippen molar-refractivity contribution in [2.45, 2.75) is 25.2 Å². The van der Waals surface area contributed by atoms with Crippen molar-refractivity contribution in [1.82, 2.24) is 19.5 Å². The lowest BCUT2D eigenvalue weighted by atomic mass is 10.2. The fraction of sp³-hybridized carbons (Fsp3) is 0.500. The van der Waals surface area contributed by atoms with Crippen LogP contribution >= 0.6 is 7.82 Å². The van der Waals surface area contributed by atoms with E-state index in [1.54, 1.807) is 17.1 Å². The maximum atomic E-state index is 10.7. The zero-order valence-corrected chi connectivity index (χ0v) is 11.3. The standard InChI is InChI=1S/C10H13N4O5P/c15-20(16,17)18-4-7-1-2-9(19-7)14-6-13-8-3-11-5-12-10(8)14/h3,5-7,9H,1-2,4H2,(H2,15,16,17)/t7-,9+/m0/s1. The summed E-state index contributed by atoms with van der Waals surface area (Å²) < 4.78 is 22.6. The highest BCUT2D eigenvalue weighted by Gasteiger charge is 2.29. The molecule has 2 aromatic heterocycles. The van der Waals surface area contributed by atoms with Crippen molar-refractivity contribution in [3.8, 4) is 0 Å². The largest absolute Gasteiger partial charge is 0.469 e. The van der Waals surface area contributed by atoms with Crippen LogP contribution < -0.4 is 0 Å². The van der Waals surface area contributed by atoms with E-state index in [0.717, 1.165) is 0 Å². The van der Waals surface area contributed by atoms with E-state index in [9.17, 15) is 4.57 Å². The van der Waals surface area contributed by atoms with Crippen LogP contribution in [0.2, 0.25) is 0 Å². The number of fused-ring (bicyclic) bond motifs is 1. The van der Waals surface area contributed by atoms with Crippen LogP contribution in [0.4, 0.5) is 0 Å². The number of aromatic nitrogens is 4. The molecule has 20 heavy (non-hydrogen) atoms. The van der Waals surface area contributed by atoms with Gasteiger partial charge in [0.05, 0.1) is 25.2 Å². The van der Waals surface area contributed by atoms with Gasteiger partial charge in [0.25, 0.3) is 0 Å². The molecule has 1 fully saturated rings. The Bertz CT molecular complexity index is 656. The third-order valence-electron chi connectivity index (χ3n) is 3.06. The molecule has 2 aromatic rings. The number of imidazole rings is 1. The number of hydrogen-bond donors (Lipinski definition) is 2. The van der Waals surface area contributed by atoms with Gasteiger partial charge in [-0.05, 0) is 12.8 Å². The Morgan fingerprint density at radius 2 is 2.30 bits per heavy atom. The van der Waals surface area contributed by atoms with Gasteiger partial charge in [-0.25, -0.2) is 19.5 Å². The molecule has 1 saturated heterocycles. The van der Waals surface area contributed by atoms with Crippen molar-refractivity contribution >= 4 is 19.0 Å². The quantitative estimate of drug-likeness (QED) is 0.788. The van der Waals surface area contributed by atoms with E-state index in [1.165, 1.54) is 6.33 Å². The molecule has 0 bridgehead atoms. The molecule has 2 N–H and O–H groups in total. The average molecular weight is 300 g/mol. The van der Waals surface area contributed by atoms with Gasteiger partial charge in [0.1, 0.15) is 18.1 Å². The van der Waals surface area contributed by atoms with Crippen LogP contribution in [0.5, 0.6) is 0 Å². The minimum Gasteiger partial charge on any atom is -0.352 e. The van der Waals surface area contributed by atoms with Crippen LogP contribution in [0, 0.1) is 0 Å². The second-order valence-electron chi connectivity index (χ2n) is 4.46. The first kappa shape index (κ1) is 13.6. The van der Waals surface area contributed by atoms with Crippen LogP contribution in [0.25, 0.3) is 11.2 Å². The molecule has 0 spiro atoms. The van der Waals surface area contributed by atoms with E-state index in [2.05, 4.69) is 19.5 Å². The Morgan fingerprint density at radius 1 is 1.45 bits per heavy atom. The fourth-order valence-corrected chi connectivity index (χ4v) is 2.55. The molecule has 0 unspecified atom stereocenters. The molecule has 9 nitrogen and oxygen atoms in total. The van der Waals surface area contributed by atoms with Crippen LogP contribution in [0.1, 0.15) is 19.1 Å². The van der Waals surface area contributed by atoms with Crippen molar-refractivity contribution in [2.75, 3.05) is 6.61 Å². The molecule has 0 aromatic carbocycles. The molecule has 3 rings (SSSR count). The molecule has 0 amide bonds. The summed E-state index contributed by atoms with van der Waals surface area (Å²) >= 11 is 0. The normalized spacial score (nSPS) is 23.5. The Kier molecular flexibility index (Phi) is 3.53. The van der Waals surface area contributed by atoms with E-state index >= 15 is 0 Å². The maximum absolute atomic E-state index is 10.7. The number of phosphoric ester groups is 1. The third-order valence-corrected chi connectivity index (χ3v) is 3.55. The van der Waals surface area contributed by atoms with Crippen molar-refractivity contribution in [2.24, 2.45) is 0 Å². The fourth-order valence-electron chi connectivity index (χ4n) is 2.19. The van der Waals surface area contributed by atoms with E-state index in [4.69, 9.17) is 14.5 Å². The Morgan fingerprint density at radius 3 is 3.10 bits per heavy atom. The Balaban J connectivity index is 1.69. The maximum Gasteiger partial charge on any atom is 0.469 e. The van der Waals surface area contributed by atoms with Crippen molar-refractivity contribution in [1.29, 1.82) is 0 Å². The number of ether oxygens (including phenoxy) is 1.